The molecule has 0 amide bonds. The number of carbonyl (C=O) groups excluding carboxylic acids is 2. The van der Waals surface area contributed by atoms with Crippen molar-refractivity contribution in [2.45, 2.75) is 20.3 Å². The van der Waals surface area contributed by atoms with E-state index < -0.39 is 13.5 Å². The Hall–Kier alpha value is 0.859. The molecule has 0 aliphatic heterocycles. The second-order valence-corrected chi connectivity index (χ2v) is 12.1. The van der Waals surface area contributed by atoms with Crippen LogP contribution in [-0.4, -0.2) is 11.6 Å². The van der Waals surface area contributed by atoms with Gasteiger partial charge in [-0.15, -0.1) is 0 Å². The molecule has 0 heterocycles. The number of hydrogen-bond donors (Lipinski definition) is 0. The zero-order chi connectivity index (χ0) is 9.44. The number of carbonyl (C=O) groups is 2. The van der Waals surface area contributed by atoms with Gasteiger partial charge in [-0.25, -0.2) is 0 Å². The molecule has 0 bridgehead atoms. The van der Waals surface area contributed by atoms with Crippen LogP contribution >= 0.6 is 28.8 Å². The number of ketones is 2. The fourth-order valence-corrected chi connectivity index (χ4v) is 0.351. The molecule has 0 aromatic carbocycles. The third kappa shape index (κ3) is 36.1. The Balaban J connectivity index is 0. The summed E-state index contributed by atoms with van der Waals surface area (Å²) in [7, 11) is 14.9. The average Bonchev–Trinajstić information content (AvgIpc) is 1.56. The number of hydrogen-bond acceptors (Lipinski definition) is 2. The third-order valence-electron chi connectivity index (χ3n) is 0.498. The van der Waals surface area contributed by atoms with Gasteiger partial charge in [0.15, 0.2) is 0 Å². The molecule has 0 aliphatic rings. The van der Waals surface area contributed by atoms with Gasteiger partial charge in [0.2, 0.25) is 0 Å². The summed E-state index contributed by atoms with van der Waals surface area (Å²) < 4.78 is 0. The van der Waals surface area contributed by atoms with Crippen LogP contribution in [0.5, 0.6) is 0 Å². The van der Waals surface area contributed by atoms with E-state index in [0.29, 0.717) is 0 Å². The second kappa shape index (κ2) is 8.95. The molecule has 0 rings (SSSR count). The Bertz CT molecular complexity index is 123. The molecule has 0 radical (unpaired) electrons. The van der Waals surface area contributed by atoms with Crippen molar-refractivity contribution in [3.63, 3.8) is 0 Å². The van der Waals surface area contributed by atoms with Gasteiger partial charge in [-0.3, -0.25) is 9.59 Å². The molecular weight excluding hydrogens is 391 g/mol. The predicted octanol–water partition coefficient (Wildman–Crippen LogP) is 2.62. The second-order valence-electron chi connectivity index (χ2n) is 1.72. The Morgan fingerprint density at radius 2 is 1.27 bits per heavy atom. The topological polar surface area (TPSA) is 34.1 Å². The molecule has 0 fully saturated rings. The zero-order valence-electron chi connectivity index (χ0n) is 5.99. The van der Waals surface area contributed by atoms with E-state index in [1.807, 2.05) is 0 Å². The summed E-state index contributed by atoms with van der Waals surface area (Å²) in [5.41, 5.74) is 0. The summed E-state index contributed by atoms with van der Waals surface area (Å²) in [6, 6.07) is 0. The number of rotatable bonds is 2. The maximum absolute atomic E-state index is 10.0. The van der Waals surface area contributed by atoms with Crippen LogP contribution in [0, 0.1) is 0 Å². The van der Waals surface area contributed by atoms with E-state index in [4.69, 9.17) is 28.8 Å². The quantitative estimate of drug-likeness (QED) is 0.670. The van der Waals surface area contributed by atoms with Crippen LogP contribution in [0.1, 0.15) is 20.3 Å². The van der Waals surface area contributed by atoms with Gasteiger partial charge in [0.25, 0.3) is 0 Å². The monoisotopic (exact) mass is 398 g/mol. The fraction of sp³-hybridized carbons (Fsp3) is 0.600. The molecule has 0 aromatic heterocycles. The first-order valence-electron chi connectivity index (χ1n) is 2.49. The molecule has 0 unspecified atom stereocenters. The predicted molar refractivity (Wildman–Crippen MR) is 43.5 cm³/mol. The zero-order valence-corrected chi connectivity index (χ0v) is 10.7. The molecular formula is C5H8Cl3IrO2. The van der Waals surface area contributed by atoms with Crippen molar-refractivity contribution in [2.75, 3.05) is 0 Å². The maximum atomic E-state index is 10.0. The first-order chi connectivity index (χ1) is 4.86. The fourth-order valence-electron chi connectivity index (χ4n) is 0.351. The van der Waals surface area contributed by atoms with Gasteiger partial charge in [-0.05, 0) is 13.8 Å². The van der Waals surface area contributed by atoms with Crippen molar-refractivity contribution < 1.29 is 23.0 Å². The van der Waals surface area contributed by atoms with Crippen LogP contribution < -0.4 is 0 Å². The molecule has 11 heavy (non-hydrogen) atoms. The Labute approximate surface area is 83.3 Å². The van der Waals surface area contributed by atoms with Crippen molar-refractivity contribution in [3.05, 3.63) is 0 Å². The van der Waals surface area contributed by atoms with Crippen LogP contribution in [0.15, 0.2) is 0 Å². The van der Waals surface area contributed by atoms with Gasteiger partial charge in [0.1, 0.15) is 11.6 Å². The van der Waals surface area contributed by atoms with Crippen molar-refractivity contribution in [1.82, 2.24) is 0 Å². The van der Waals surface area contributed by atoms with Crippen LogP contribution in [0.3, 0.4) is 0 Å². The summed E-state index contributed by atoms with van der Waals surface area (Å²) in [5.74, 6) is -0.125. The van der Waals surface area contributed by atoms with E-state index in [2.05, 4.69) is 0 Å². The minimum absolute atomic E-state index is 0.0625. The number of halogens is 3. The number of Topliss-reactive ketones (excluding diaryl/α,β-unsaturated/α-hetero) is 2. The molecule has 0 saturated heterocycles. The van der Waals surface area contributed by atoms with Gasteiger partial charge in [-0.2, -0.15) is 0 Å². The normalized spacial score (nSPS) is 9.36. The molecule has 6 heteroatoms. The molecule has 0 spiro atoms. The van der Waals surface area contributed by atoms with Gasteiger partial charge < -0.3 is 0 Å². The molecule has 0 N–H and O–H groups in total. The van der Waals surface area contributed by atoms with E-state index in [9.17, 15) is 9.59 Å². The SMILES string of the molecule is CC(=O)CC(C)=O.[Cl][Ir]([Cl])[Cl]. The Morgan fingerprint density at radius 1 is 1.09 bits per heavy atom. The first kappa shape index (κ1) is 14.4. The van der Waals surface area contributed by atoms with E-state index >= 15 is 0 Å². The van der Waals surface area contributed by atoms with Gasteiger partial charge in [0.05, 0.1) is 6.42 Å². The molecule has 0 saturated carbocycles. The summed E-state index contributed by atoms with van der Waals surface area (Å²) in [6.45, 7) is 2.81. The van der Waals surface area contributed by atoms with Crippen LogP contribution in [0.25, 0.3) is 0 Å². The van der Waals surface area contributed by atoms with E-state index in [1.54, 1.807) is 0 Å². The van der Waals surface area contributed by atoms with E-state index in [-0.39, 0.29) is 18.0 Å². The average molecular weight is 399 g/mol. The van der Waals surface area contributed by atoms with Gasteiger partial charge >= 0.3 is 42.2 Å². The molecule has 0 aromatic rings. The van der Waals surface area contributed by atoms with E-state index in [1.165, 1.54) is 13.8 Å². The molecule has 70 valence electrons. The summed E-state index contributed by atoms with van der Waals surface area (Å²) >= 11 is -1.92. The first-order valence-corrected chi connectivity index (χ1v) is 11.4. The minimum atomic E-state index is -1.92. The summed E-state index contributed by atoms with van der Waals surface area (Å²) in [5, 5.41) is 0. The van der Waals surface area contributed by atoms with Crippen LogP contribution in [0.4, 0.5) is 0 Å². The van der Waals surface area contributed by atoms with Crippen LogP contribution in [-0.2, 0) is 23.0 Å². The van der Waals surface area contributed by atoms with E-state index in [0.717, 1.165) is 0 Å². The molecule has 2 nitrogen and oxygen atoms in total. The Morgan fingerprint density at radius 3 is 1.27 bits per heavy atom. The third-order valence-corrected chi connectivity index (χ3v) is 0.498. The van der Waals surface area contributed by atoms with Crippen LogP contribution in [0.2, 0.25) is 0 Å². The van der Waals surface area contributed by atoms with Crippen molar-refractivity contribution in [3.8, 4) is 0 Å². The Kier molecular flexibility index (Phi) is 11.7. The standard InChI is InChI=1S/C5H8O2.3ClH.Ir/c1-4(6)3-5(2)7;;;;/h3H2,1-2H3;3*1H;/q;;;;+3/p-3. The summed E-state index contributed by atoms with van der Waals surface area (Å²) in [4.78, 5) is 20.1. The van der Waals surface area contributed by atoms with Gasteiger partial charge in [0, 0.05) is 0 Å². The van der Waals surface area contributed by atoms with Crippen molar-refractivity contribution in [2.24, 2.45) is 0 Å². The molecule has 0 aliphatic carbocycles. The van der Waals surface area contributed by atoms with Crippen molar-refractivity contribution in [1.29, 1.82) is 0 Å². The van der Waals surface area contributed by atoms with Gasteiger partial charge in [-0.1, -0.05) is 0 Å². The molecule has 0 atom stereocenters. The summed E-state index contributed by atoms with van der Waals surface area (Å²) in [6.07, 6.45) is 0.0833. The van der Waals surface area contributed by atoms with Crippen molar-refractivity contribution >= 4 is 40.3 Å².